The van der Waals surface area contributed by atoms with Gasteiger partial charge in [-0.2, -0.15) is 0 Å². The van der Waals surface area contributed by atoms with Crippen molar-refractivity contribution in [3.63, 3.8) is 0 Å². The SMILES string of the molecule is FCc1ccccc1C#Cc1ccc(SNCc2ccncc2)cc1. The van der Waals surface area contributed by atoms with Gasteiger partial charge in [-0.1, -0.05) is 30.0 Å². The predicted octanol–water partition coefficient (Wildman–Crippen LogP) is 4.75. The van der Waals surface area contributed by atoms with Gasteiger partial charge >= 0.3 is 0 Å². The van der Waals surface area contributed by atoms with Crippen LogP contribution in [0.1, 0.15) is 22.3 Å². The van der Waals surface area contributed by atoms with Gasteiger partial charge in [0.25, 0.3) is 0 Å². The zero-order valence-corrected chi connectivity index (χ0v) is 14.4. The molecule has 1 heterocycles. The van der Waals surface area contributed by atoms with Crippen molar-refractivity contribution in [1.29, 1.82) is 0 Å². The van der Waals surface area contributed by atoms with Crippen molar-refractivity contribution >= 4 is 11.9 Å². The lowest BCUT2D eigenvalue weighted by Crippen LogP contribution is -2.02. The second-order valence-corrected chi connectivity index (χ2v) is 6.31. The fourth-order valence-corrected chi connectivity index (χ4v) is 2.89. The number of hydrogen-bond donors (Lipinski definition) is 1. The Labute approximate surface area is 151 Å². The summed E-state index contributed by atoms with van der Waals surface area (Å²) < 4.78 is 16.2. The smallest absolute Gasteiger partial charge is 0.116 e. The summed E-state index contributed by atoms with van der Waals surface area (Å²) in [4.78, 5) is 5.12. The maximum Gasteiger partial charge on any atom is 0.116 e. The minimum Gasteiger partial charge on any atom is -0.265 e. The summed E-state index contributed by atoms with van der Waals surface area (Å²) in [6, 6.07) is 19.3. The molecular formula is C21H17FN2S. The first-order chi connectivity index (χ1) is 12.3. The van der Waals surface area contributed by atoms with E-state index in [4.69, 9.17) is 0 Å². The van der Waals surface area contributed by atoms with E-state index in [0.717, 1.165) is 22.6 Å². The molecule has 3 rings (SSSR count). The molecule has 0 unspecified atom stereocenters. The third-order valence-corrected chi connectivity index (χ3v) is 4.37. The second-order valence-electron chi connectivity index (χ2n) is 5.34. The molecule has 0 bridgehead atoms. The number of nitrogens with zero attached hydrogens (tertiary/aromatic N) is 1. The highest BCUT2D eigenvalue weighted by Crippen LogP contribution is 2.16. The molecule has 0 saturated heterocycles. The van der Waals surface area contributed by atoms with Crippen LogP contribution in [0.3, 0.4) is 0 Å². The van der Waals surface area contributed by atoms with Crippen LogP contribution in [0.25, 0.3) is 0 Å². The maximum atomic E-state index is 12.9. The molecule has 1 aromatic heterocycles. The Morgan fingerprint density at radius 2 is 1.68 bits per heavy atom. The Hall–Kier alpha value is -2.61. The quantitative estimate of drug-likeness (QED) is 0.532. The molecule has 124 valence electrons. The van der Waals surface area contributed by atoms with Crippen molar-refractivity contribution in [2.24, 2.45) is 0 Å². The van der Waals surface area contributed by atoms with Gasteiger partial charge in [0.1, 0.15) is 6.67 Å². The van der Waals surface area contributed by atoms with Crippen LogP contribution in [0, 0.1) is 11.8 Å². The zero-order chi connectivity index (χ0) is 17.3. The number of pyridine rings is 1. The van der Waals surface area contributed by atoms with Crippen molar-refractivity contribution in [3.05, 3.63) is 95.3 Å². The molecular weight excluding hydrogens is 331 g/mol. The fraction of sp³-hybridized carbons (Fsp3) is 0.0952. The molecule has 0 spiro atoms. The maximum absolute atomic E-state index is 12.9. The van der Waals surface area contributed by atoms with E-state index in [-0.39, 0.29) is 0 Å². The van der Waals surface area contributed by atoms with Gasteiger partial charge in [-0.25, -0.2) is 4.39 Å². The third kappa shape index (κ3) is 5.18. The lowest BCUT2D eigenvalue weighted by molar-refractivity contribution is 0.484. The van der Waals surface area contributed by atoms with E-state index in [0.29, 0.717) is 5.56 Å². The number of hydrogen-bond acceptors (Lipinski definition) is 3. The van der Waals surface area contributed by atoms with Gasteiger partial charge in [0, 0.05) is 35.0 Å². The van der Waals surface area contributed by atoms with Gasteiger partial charge in [0.05, 0.1) is 0 Å². The standard InChI is InChI=1S/C21H17FN2S/c22-15-20-4-2-1-3-19(20)8-5-17-6-9-21(10-7-17)25-24-16-18-11-13-23-14-12-18/h1-4,6-7,9-14,24H,15-16H2. The second kappa shape index (κ2) is 9.03. The van der Waals surface area contributed by atoms with E-state index in [1.54, 1.807) is 30.4 Å². The van der Waals surface area contributed by atoms with Crippen molar-refractivity contribution in [1.82, 2.24) is 9.71 Å². The molecule has 0 atom stereocenters. The van der Waals surface area contributed by atoms with Crippen molar-refractivity contribution in [2.75, 3.05) is 0 Å². The molecule has 0 radical (unpaired) electrons. The van der Waals surface area contributed by atoms with E-state index < -0.39 is 6.67 Å². The molecule has 2 aromatic carbocycles. The van der Waals surface area contributed by atoms with Crippen LogP contribution in [0.5, 0.6) is 0 Å². The van der Waals surface area contributed by atoms with Crippen molar-refractivity contribution in [2.45, 2.75) is 18.1 Å². The molecule has 0 amide bonds. The molecule has 0 aliphatic heterocycles. The minimum atomic E-state index is -0.496. The zero-order valence-electron chi connectivity index (χ0n) is 13.6. The third-order valence-electron chi connectivity index (χ3n) is 3.57. The summed E-state index contributed by atoms with van der Waals surface area (Å²) in [7, 11) is 0. The summed E-state index contributed by atoms with van der Waals surface area (Å²) in [6.07, 6.45) is 3.58. The number of nitrogens with one attached hydrogen (secondary N) is 1. The summed E-state index contributed by atoms with van der Waals surface area (Å²) >= 11 is 1.58. The molecule has 2 nitrogen and oxygen atoms in total. The first kappa shape index (κ1) is 17.2. The fourth-order valence-electron chi connectivity index (χ4n) is 2.21. The average molecular weight is 348 g/mol. The van der Waals surface area contributed by atoms with Gasteiger partial charge in [-0.15, -0.1) is 0 Å². The Kier molecular flexibility index (Phi) is 6.22. The Bertz CT molecular complexity index is 868. The number of aromatic nitrogens is 1. The minimum absolute atomic E-state index is 0.496. The largest absolute Gasteiger partial charge is 0.265 e. The van der Waals surface area contributed by atoms with Gasteiger partial charge in [0.2, 0.25) is 0 Å². The molecule has 0 aliphatic rings. The monoisotopic (exact) mass is 348 g/mol. The van der Waals surface area contributed by atoms with Gasteiger partial charge < -0.3 is 0 Å². The van der Waals surface area contributed by atoms with Crippen LogP contribution in [0.15, 0.2) is 78.0 Å². The molecule has 0 fully saturated rings. The summed E-state index contributed by atoms with van der Waals surface area (Å²) in [5, 5.41) is 0. The normalized spacial score (nSPS) is 10.1. The number of rotatable bonds is 5. The van der Waals surface area contributed by atoms with Crippen LogP contribution in [0.4, 0.5) is 4.39 Å². The Balaban J connectivity index is 1.58. The topological polar surface area (TPSA) is 24.9 Å². The average Bonchev–Trinajstić information content (AvgIpc) is 2.68. The highest BCUT2D eigenvalue weighted by atomic mass is 32.2. The number of alkyl halides is 1. The van der Waals surface area contributed by atoms with Gasteiger partial charge in [-0.05, 0) is 65.5 Å². The van der Waals surface area contributed by atoms with E-state index in [2.05, 4.69) is 21.5 Å². The van der Waals surface area contributed by atoms with E-state index >= 15 is 0 Å². The van der Waals surface area contributed by atoms with Gasteiger partial charge in [0.15, 0.2) is 0 Å². The molecule has 4 heteroatoms. The molecule has 3 aromatic rings. The molecule has 0 aliphatic carbocycles. The lowest BCUT2D eigenvalue weighted by Gasteiger charge is -2.04. The lowest BCUT2D eigenvalue weighted by atomic mass is 10.1. The van der Waals surface area contributed by atoms with Crippen LogP contribution >= 0.6 is 11.9 Å². The molecule has 25 heavy (non-hydrogen) atoms. The summed E-state index contributed by atoms with van der Waals surface area (Å²) in [6.45, 7) is 0.276. The first-order valence-electron chi connectivity index (χ1n) is 7.90. The predicted molar refractivity (Wildman–Crippen MR) is 101 cm³/mol. The number of halogens is 1. The molecule has 1 N–H and O–H groups in total. The van der Waals surface area contributed by atoms with E-state index in [9.17, 15) is 4.39 Å². The van der Waals surface area contributed by atoms with Crippen LogP contribution in [-0.4, -0.2) is 4.98 Å². The summed E-state index contributed by atoms with van der Waals surface area (Å²) in [5.74, 6) is 6.14. The van der Waals surface area contributed by atoms with Crippen LogP contribution in [-0.2, 0) is 13.2 Å². The summed E-state index contributed by atoms with van der Waals surface area (Å²) in [5.41, 5.74) is 3.47. The Morgan fingerprint density at radius 3 is 2.44 bits per heavy atom. The van der Waals surface area contributed by atoms with Crippen molar-refractivity contribution < 1.29 is 4.39 Å². The highest BCUT2D eigenvalue weighted by Gasteiger charge is 1.98. The first-order valence-corrected chi connectivity index (χ1v) is 8.71. The Morgan fingerprint density at radius 1 is 0.920 bits per heavy atom. The number of benzene rings is 2. The van der Waals surface area contributed by atoms with Crippen LogP contribution < -0.4 is 4.72 Å². The van der Waals surface area contributed by atoms with Crippen LogP contribution in [0.2, 0.25) is 0 Å². The highest BCUT2D eigenvalue weighted by molar-refractivity contribution is 7.97. The van der Waals surface area contributed by atoms with Gasteiger partial charge in [-0.3, -0.25) is 9.71 Å². The molecule has 0 saturated carbocycles. The van der Waals surface area contributed by atoms with E-state index in [1.807, 2.05) is 54.6 Å². The van der Waals surface area contributed by atoms with Crippen molar-refractivity contribution in [3.8, 4) is 11.8 Å². The van der Waals surface area contributed by atoms with E-state index in [1.165, 1.54) is 5.56 Å².